The van der Waals surface area contributed by atoms with Gasteiger partial charge in [-0.05, 0) is 25.2 Å². The van der Waals surface area contributed by atoms with E-state index in [1.165, 1.54) is 12.8 Å². The first-order chi connectivity index (χ1) is 8.31. The molecular weight excluding hydrogens is 226 g/mol. The van der Waals surface area contributed by atoms with E-state index in [4.69, 9.17) is 10.3 Å². The molecule has 18 heavy (non-hydrogen) atoms. The summed E-state index contributed by atoms with van der Waals surface area (Å²) in [5, 5.41) is 4.11. The number of nitrogens with two attached hydrogens (primary N) is 1. The summed E-state index contributed by atoms with van der Waals surface area (Å²) in [5.41, 5.74) is 6.29. The van der Waals surface area contributed by atoms with E-state index in [0.29, 0.717) is 0 Å². The second-order valence-electron chi connectivity index (χ2n) is 7.02. The zero-order valence-corrected chi connectivity index (χ0v) is 12.0. The van der Waals surface area contributed by atoms with Crippen molar-refractivity contribution in [3.63, 3.8) is 0 Å². The van der Waals surface area contributed by atoms with E-state index in [2.05, 4.69) is 37.8 Å². The first-order valence-electron chi connectivity index (χ1n) is 6.90. The molecule has 0 bridgehead atoms. The molecule has 0 aromatic carbocycles. The maximum absolute atomic E-state index is 6.25. The van der Waals surface area contributed by atoms with Gasteiger partial charge in [-0.1, -0.05) is 38.8 Å². The largest absolute Gasteiger partial charge is 0.339 e. The van der Waals surface area contributed by atoms with Crippen molar-refractivity contribution in [2.24, 2.45) is 11.1 Å². The molecule has 1 aliphatic carbocycles. The highest BCUT2D eigenvalue weighted by molar-refractivity contribution is 5.10. The smallest absolute Gasteiger partial charge is 0.234 e. The Hall–Kier alpha value is -0.900. The third-order valence-electron chi connectivity index (χ3n) is 3.92. The number of aromatic nitrogens is 2. The van der Waals surface area contributed by atoms with Crippen molar-refractivity contribution in [1.82, 2.24) is 10.1 Å². The Balaban J connectivity index is 2.18. The second kappa shape index (κ2) is 4.65. The molecular formula is C14H25N3O. The molecule has 1 aromatic rings. The molecule has 2 rings (SSSR count). The van der Waals surface area contributed by atoms with Crippen LogP contribution in [0, 0.1) is 5.41 Å². The van der Waals surface area contributed by atoms with Crippen molar-refractivity contribution in [3.05, 3.63) is 11.7 Å². The first-order valence-corrected chi connectivity index (χ1v) is 6.90. The van der Waals surface area contributed by atoms with E-state index in [0.717, 1.165) is 31.0 Å². The minimum atomic E-state index is -0.138. The summed E-state index contributed by atoms with van der Waals surface area (Å²) in [7, 11) is 0. The van der Waals surface area contributed by atoms with Gasteiger partial charge in [0.2, 0.25) is 5.89 Å². The van der Waals surface area contributed by atoms with Crippen molar-refractivity contribution >= 4 is 0 Å². The van der Waals surface area contributed by atoms with Gasteiger partial charge in [-0.15, -0.1) is 0 Å². The standard InChI is InChI=1S/C14H25N3O/c1-13(2,3)9-11-16-12(18-17-11)14(4)8-6-5-7-10(14)15/h10H,5-9,15H2,1-4H3. The van der Waals surface area contributed by atoms with Crippen LogP contribution in [0.5, 0.6) is 0 Å². The Kier molecular flexibility index (Phi) is 3.49. The summed E-state index contributed by atoms with van der Waals surface area (Å²) >= 11 is 0. The molecule has 1 fully saturated rings. The fourth-order valence-corrected chi connectivity index (χ4v) is 2.66. The second-order valence-corrected chi connectivity index (χ2v) is 7.02. The summed E-state index contributed by atoms with van der Waals surface area (Å²) in [4.78, 5) is 4.58. The summed E-state index contributed by atoms with van der Waals surface area (Å²) in [6.07, 6.45) is 5.33. The quantitative estimate of drug-likeness (QED) is 0.877. The molecule has 0 spiro atoms. The summed E-state index contributed by atoms with van der Waals surface area (Å²) < 4.78 is 5.48. The van der Waals surface area contributed by atoms with Crippen LogP contribution < -0.4 is 5.73 Å². The SMILES string of the molecule is CC(C)(C)Cc1noc(C2(C)CCCCC2N)n1. The molecule has 2 atom stereocenters. The normalized spacial score (nSPS) is 29.5. The van der Waals surface area contributed by atoms with Gasteiger partial charge in [0.15, 0.2) is 5.82 Å². The van der Waals surface area contributed by atoms with Crippen LogP contribution in [0.1, 0.15) is 65.1 Å². The molecule has 1 heterocycles. The fraction of sp³-hybridized carbons (Fsp3) is 0.857. The highest BCUT2D eigenvalue weighted by Crippen LogP contribution is 2.37. The molecule has 0 saturated heterocycles. The third kappa shape index (κ3) is 2.74. The zero-order valence-electron chi connectivity index (χ0n) is 12.0. The van der Waals surface area contributed by atoms with Gasteiger partial charge < -0.3 is 10.3 Å². The maximum Gasteiger partial charge on any atom is 0.234 e. The monoisotopic (exact) mass is 251 g/mol. The van der Waals surface area contributed by atoms with Gasteiger partial charge in [0.05, 0.1) is 5.41 Å². The summed E-state index contributed by atoms with van der Waals surface area (Å²) in [6.45, 7) is 8.69. The summed E-state index contributed by atoms with van der Waals surface area (Å²) in [6, 6.07) is 0.134. The Morgan fingerprint density at radius 2 is 2.11 bits per heavy atom. The minimum Gasteiger partial charge on any atom is -0.339 e. The average Bonchev–Trinajstić information content (AvgIpc) is 2.69. The van der Waals surface area contributed by atoms with Crippen LogP contribution in [0.3, 0.4) is 0 Å². The van der Waals surface area contributed by atoms with E-state index in [-0.39, 0.29) is 16.9 Å². The predicted molar refractivity (Wildman–Crippen MR) is 71.3 cm³/mol. The van der Waals surface area contributed by atoms with Gasteiger partial charge in [0.25, 0.3) is 0 Å². The lowest BCUT2D eigenvalue weighted by atomic mass is 9.72. The van der Waals surface area contributed by atoms with Crippen LogP contribution in [0.25, 0.3) is 0 Å². The first kappa shape index (κ1) is 13.5. The Morgan fingerprint density at radius 3 is 2.72 bits per heavy atom. The third-order valence-corrected chi connectivity index (χ3v) is 3.92. The lowest BCUT2D eigenvalue weighted by Crippen LogP contribution is -2.45. The van der Waals surface area contributed by atoms with Crippen LogP contribution >= 0.6 is 0 Å². The topological polar surface area (TPSA) is 64.9 Å². The molecule has 1 aromatic heterocycles. The number of nitrogens with zero attached hydrogens (tertiary/aromatic N) is 2. The Morgan fingerprint density at radius 1 is 1.39 bits per heavy atom. The molecule has 2 unspecified atom stereocenters. The fourth-order valence-electron chi connectivity index (χ4n) is 2.66. The minimum absolute atomic E-state index is 0.134. The van der Waals surface area contributed by atoms with Gasteiger partial charge >= 0.3 is 0 Å². The van der Waals surface area contributed by atoms with Crippen LogP contribution in [0.15, 0.2) is 4.52 Å². The highest BCUT2D eigenvalue weighted by atomic mass is 16.5. The van der Waals surface area contributed by atoms with Crippen LogP contribution in [0.4, 0.5) is 0 Å². The van der Waals surface area contributed by atoms with E-state index in [1.54, 1.807) is 0 Å². The van der Waals surface area contributed by atoms with Gasteiger partial charge in [0, 0.05) is 12.5 Å². The van der Waals surface area contributed by atoms with Crippen molar-refractivity contribution in [2.45, 2.75) is 71.3 Å². The molecule has 0 amide bonds. The molecule has 1 saturated carbocycles. The average molecular weight is 251 g/mol. The van der Waals surface area contributed by atoms with E-state index in [1.807, 2.05) is 0 Å². The molecule has 0 radical (unpaired) electrons. The number of hydrogen-bond acceptors (Lipinski definition) is 4. The van der Waals surface area contributed by atoms with Crippen molar-refractivity contribution in [2.75, 3.05) is 0 Å². The molecule has 102 valence electrons. The lowest BCUT2D eigenvalue weighted by Gasteiger charge is -2.35. The number of hydrogen-bond donors (Lipinski definition) is 1. The van der Waals surface area contributed by atoms with Gasteiger partial charge in [0.1, 0.15) is 0 Å². The Labute approximate surface area is 109 Å². The van der Waals surface area contributed by atoms with E-state index < -0.39 is 0 Å². The molecule has 0 aliphatic heterocycles. The predicted octanol–water partition coefficient (Wildman–Crippen LogP) is 2.82. The molecule has 4 nitrogen and oxygen atoms in total. The molecule has 4 heteroatoms. The summed E-state index contributed by atoms with van der Waals surface area (Å²) in [5.74, 6) is 1.53. The van der Waals surface area contributed by atoms with Gasteiger partial charge in [-0.3, -0.25) is 0 Å². The zero-order chi connectivity index (χ0) is 13.4. The van der Waals surface area contributed by atoms with Crippen molar-refractivity contribution in [1.29, 1.82) is 0 Å². The van der Waals surface area contributed by atoms with Crippen LogP contribution in [-0.4, -0.2) is 16.2 Å². The van der Waals surface area contributed by atoms with Crippen LogP contribution in [-0.2, 0) is 11.8 Å². The van der Waals surface area contributed by atoms with Gasteiger partial charge in [-0.25, -0.2) is 0 Å². The van der Waals surface area contributed by atoms with Gasteiger partial charge in [-0.2, -0.15) is 4.98 Å². The maximum atomic E-state index is 6.25. The highest BCUT2D eigenvalue weighted by Gasteiger charge is 2.40. The lowest BCUT2D eigenvalue weighted by molar-refractivity contribution is 0.202. The van der Waals surface area contributed by atoms with Crippen molar-refractivity contribution in [3.8, 4) is 0 Å². The van der Waals surface area contributed by atoms with Crippen molar-refractivity contribution < 1.29 is 4.52 Å². The van der Waals surface area contributed by atoms with E-state index >= 15 is 0 Å². The molecule has 2 N–H and O–H groups in total. The Bertz CT molecular complexity index is 407. The number of rotatable bonds is 2. The van der Waals surface area contributed by atoms with E-state index in [9.17, 15) is 0 Å². The van der Waals surface area contributed by atoms with Crippen LogP contribution in [0.2, 0.25) is 0 Å². The molecule has 1 aliphatic rings.